The second-order valence-corrected chi connectivity index (χ2v) is 5.76. The highest BCUT2D eigenvalue weighted by atomic mass is 32.1. The fourth-order valence-electron chi connectivity index (χ4n) is 2.66. The van der Waals surface area contributed by atoms with Crippen molar-refractivity contribution in [1.29, 1.82) is 0 Å². The Kier molecular flexibility index (Phi) is 5.31. The quantitative estimate of drug-likeness (QED) is 0.820. The van der Waals surface area contributed by atoms with E-state index in [-0.39, 0.29) is 10.8 Å². The molecule has 0 saturated carbocycles. The molecule has 1 saturated heterocycles. The van der Waals surface area contributed by atoms with Crippen LogP contribution in [0.3, 0.4) is 0 Å². The van der Waals surface area contributed by atoms with Gasteiger partial charge in [-0.05, 0) is 44.0 Å². The topological polar surface area (TPSA) is 41.3 Å². The molecule has 3 N–H and O–H groups in total. The number of anilines is 1. The molecule has 0 aliphatic carbocycles. The lowest BCUT2D eigenvalue weighted by Gasteiger charge is -2.32. The molecule has 1 aromatic carbocycles. The van der Waals surface area contributed by atoms with Gasteiger partial charge in [-0.1, -0.05) is 19.1 Å². The van der Waals surface area contributed by atoms with Gasteiger partial charge in [0.15, 0.2) is 0 Å². The normalized spacial score (nSPS) is 17.1. The van der Waals surface area contributed by atoms with Crippen LogP contribution >= 0.6 is 12.2 Å². The molecule has 0 unspecified atom stereocenters. The van der Waals surface area contributed by atoms with Crippen LogP contribution in [0.4, 0.5) is 10.1 Å². The molecule has 20 heavy (non-hydrogen) atoms. The van der Waals surface area contributed by atoms with E-state index in [4.69, 9.17) is 18.0 Å². The molecule has 0 radical (unpaired) electrons. The highest BCUT2D eigenvalue weighted by molar-refractivity contribution is 7.80. The van der Waals surface area contributed by atoms with E-state index in [0.717, 1.165) is 31.6 Å². The number of thiocarbonyl (C=S) groups is 1. The minimum atomic E-state index is -0.356. The van der Waals surface area contributed by atoms with E-state index in [1.807, 2.05) is 6.07 Å². The monoisotopic (exact) mass is 295 g/mol. The summed E-state index contributed by atoms with van der Waals surface area (Å²) in [6, 6.07) is 5.38. The van der Waals surface area contributed by atoms with Crippen LogP contribution in [0, 0.1) is 5.82 Å². The van der Waals surface area contributed by atoms with E-state index in [2.05, 4.69) is 17.1 Å². The van der Waals surface area contributed by atoms with Crippen LogP contribution < -0.4 is 11.1 Å². The molecular weight excluding hydrogens is 273 g/mol. The van der Waals surface area contributed by atoms with E-state index >= 15 is 0 Å². The van der Waals surface area contributed by atoms with Gasteiger partial charge in [-0.2, -0.15) is 0 Å². The summed E-state index contributed by atoms with van der Waals surface area (Å²) in [6.45, 7) is 5.60. The van der Waals surface area contributed by atoms with Gasteiger partial charge in [0.05, 0.1) is 0 Å². The van der Waals surface area contributed by atoms with Crippen molar-refractivity contribution in [2.75, 3.05) is 25.0 Å². The summed E-state index contributed by atoms with van der Waals surface area (Å²) < 4.78 is 13.8. The van der Waals surface area contributed by atoms with Crippen LogP contribution in [-0.4, -0.2) is 35.6 Å². The van der Waals surface area contributed by atoms with E-state index in [9.17, 15) is 4.39 Å². The minimum absolute atomic E-state index is 0.0990. The van der Waals surface area contributed by atoms with E-state index in [0.29, 0.717) is 11.6 Å². The van der Waals surface area contributed by atoms with Crippen LogP contribution in [-0.2, 0) is 0 Å². The first-order chi connectivity index (χ1) is 9.60. The number of hydrogen-bond donors (Lipinski definition) is 2. The maximum absolute atomic E-state index is 13.8. The average Bonchev–Trinajstić information content (AvgIpc) is 2.41. The van der Waals surface area contributed by atoms with Gasteiger partial charge < -0.3 is 16.0 Å². The maximum Gasteiger partial charge on any atom is 0.135 e. The summed E-state index contributed by atoms with van der Waals surface area (Å²) in [5.74, 6) is -0.356. The van der Waals surface area contributed by atoms with Gasteiger partial charge in [-0.15, -0.1) is 0 Å². The Morgan fingerprint density at radius 2 is 2.15 bits per heavy atom. The predicted molar refractivity (Wildman–Crippen MR) is 85.7 cm³/mol. The fourth-order valence-corrected chi connectivity index (χ4v) is 2.82. The smallest absolute Gasteiger partial charge is 0.135 e. The molecule has 1 aliphatic rings. The first-order valence-corrected chi connectivity index (χ1v) is 7.59. The van der Waals surface area contributed by atoms with Gasteiger partial charge in [0.1, 0.15) is 10.8 Å². The lowest BCUT2D eigenvalue weighted by atomic mass is 10.0. The standard InChI is InChI=1S/C15H22FN3S/c1-2-7-19-8-5-11(6-9-19)18-12-3-4-13(15(17)20)14(16)10-12/h3-4,10-11,18H,2,5-9H2,1H3,(H2,17,20). The Balaban J connectivity index is 1.91. The third kappa shape index (κ3) is 3.90. The Hall–Kier alpha value is -1.20. The number of halogens is 1. The first kappa shape index (κ1) is 15.2. The lowest BCUT2D eigenvalue weighted by molar-refractivity contribution is 0.219. The maximum atomic E-state index is 13.8. The zero-order valence-electron chi connectivity index (χ0n) is 11.9. The third-order valence-corrected chi connectivity index (χ3v) is 3.95. The number of piperidine rings is 1. The number of likely N-dealkylation sites (tertiary alicyclic amines) is 1. The Labute approximate surface area is 125 Å². The zero-order chi connectivity index (χ0) is 14.5. The minimum Gasteiger partial charge on any atom is -0.389 e. The zero-order valence-corrected chi connectivity index (χ0v) is 12.7. The summed E-state index contributed by atoms with van der Waals surface area (Å²) in [5, 5.41) is 3.40. The van der Waals surface area contributed by atoms with Crippen LogP contribution in [0.5, 0.6) is 0 Å². The molecule has 110 valence electrons. The van der Waals surface area contributed by atoms with Crippen molar-refractivity contribution in [3.05, 3.63) is 29.6 Å². The van der Waals surface area contributed by atoms with Crippen molar-refractivity contribution in [3.63, 3.8) is 0 Å². The molecule has 0 aromatic heterocycles. The Morgan fingerprint density at radius 3 is 2.70 bits per heavy atom. The van der Waals surface area contributed by atoms with Gasteiger partial charge in [-0.3, -0.25) is 0 Å². The highest BCUT2D eigenvalue weighted by Crippen LogP contribution is 2.19. The summed E-state index contributed by atoms with van der Waals surface area (Å²) in [4.78, 5) is 2.58. The highest BCUT2D eigenvalue weighted by Gasteiger charge is 2.18. The number of nitrogens with two attached hydrogens (primary N) is 1. The number of rotatable bonds is 5. The van der Waals surface area contributed by atoms with Crippen LogP contribution in [0.2, 0.25) is 0 Å². The van der Waals surface area contributed by atoms with Gasteiger partial charge in [0, 0.05) is 30.4 Å². The third-order valence-electron chi connectivity index (χ3n) is 3.73. The first-order valence-electron chi connectivity index (χ1n) is 7.18. The van der Waals surface area contributed by atoms with Crippen molar-refractivity contribution in [2.45, 2.75) is 32.2 Å². The van der Waals surface area contributed by atoms with E-state index in [1.54, 1.807) is 6.07 Å². The van der Waals surface area contributed by atoms with Crippen LogP contribution in [0.1, 0.15) is 31.7 Å². The number of hydrogen-bond acceptors (Lipinski definition) is 3. The molecule has 0 amide bonds. The molecule has 1 aliphatic heterocycles. The van der Waals surface area contributed by atoms with Gasteiger partial charge in [0.25, 0.3) is 0 Å². The predicted octanol–water partition coefficient (Wildman–Crippen LogP) is 2.75. The molecule has 3 nitrogen and oxygen atoms in total. The van der Waals surface area contributed by atoms with E-state index in [1.165, 1.54) is 19.0 Å². The van der Waals surface area contributed by atoms with Gasteiger partial charge >= 0.3 is 0 Å². The van der Waals surface area contributed by atoms with Gasteiger partial charge in [0.2, 0.25) is 0 Å². The summed E-state index contributed by atoms with van der Waals surface area (Å²) in [7, 11) is 0. The molecule has 5 heteroatoms. The van der Waals surface area contributed by atoms with Crippen LogP contribution in [0.15, 0.2) is 18.2 Å². The molecule has 0 spiro atoms. The van der Waals surface area contributed by atoms with Crippen molar-refractivity contribution in [3.8, 4) is 0 Å². The molecule has 1 aromatic rings. The largest absolute Gasteiger partial charge is 0.389 e. The van der Waals surface area contributed by atoms with Crippen LogP contribution in [0.25, 0.3) is 0 Å². The van der Waals surface area contributed by atoms with E-state index < -0.39 is 0 Å². The summed E-state index contributed by atoms with van der Waals surface area (Å²) >= 11 is 4.80. The molecular formula is C15H22FN3S. The summed E-state index contributed by atoms with van der Waals surface area (Å²) in [6.07, 6.45) is 3.39. The van der Waals surface area contributed by atoms with Crippen molar-refractivity contribution >= 4 is 22.9 Å². The SMILES string of the molecule is CCCN1CCC(Nc2ccc(C(N)=S)c(F)c2)CC1. The lowest BCUT2D eigenvalue weighted by Crippen LogP contribution is -2.39. The Bertz CT molecular complexity index is 470. The molecule has 1 heterocycles. The second-order valence-electron chi connectivity index (χ2n) is 5.32. The molecule has 2 rings (SSSR count). The number of nitrogens with zero attached hydrogens (tertiary/aromatic N) is 1. The fraction of sp³-hybridized carbons (Fsp3) is 0.533. The number of benzene rings is 1. The van der Waals surface area contributed by atoms with Crippen molar-refractivity contribution < 1.29 is 4.39 Å². The molecule has 0 bridgehead atoms. The van der Waals surface area contributed by atoms with Crippen molar-refractivity contribution in [1.82, 2.24) is 4.90 Å². The van der Waals surface area contributed by atoms with Crippen molar-refractivity contribution in [2.24, 2.45) is 5.73 Å². The summed E-state index contributed by atoms with van der Waals surface area (Å²) in [5.41, 5.74) is 6.57. The molecule has 0 atom stereocenters. The number of nitrogens with one attached hydrogen (secondary N) is 1. The second kappa shape index (κ2) is 6.99. The van der Waals surface area contributed by atoms with Gasteiger partial charge in [-0.25, -0.2) is 4.39 Å². The molecule has 1 fully saturated rings. The Morgan fingerprint density at radius 1 is 1.45 bits per heavy atom. The average molecular weight is 295 g/mol.